The molecule has 2 atom stereocenters. The van der Waals surface area contributed by atoms with Crippen molar-refractivity contribution in [3.63, 3.8) is 0 Å². The molecule has 0 spiro atoms. The number of carbonyl (C=O) groups excluding carboxylic acids is 1. The first-order valence-corrected chi connectivity index (χ1v) is 9.34. The van der Waals surface area contributed by atoms with Crippen molar-refractivity contribution in [3.05, 3.63) is 35.6 Å². The van der Waals surface area contributed by atoms with Gasteiger partial charge in [0.05, 0.1) is 36.1 Å². The van der Waals surface area contributed by atoms with E-state index < -0.39 is 0 Å². The van der Waals surface area contributed by atoms with Gasteiger partial charge < -0.3 is 20.8 Å². The Balaban J connectivity index is 1.67. The molecule has 0 radical (unpaired) electrons. The summed E-state index contributed by atoms with van der Waals surface area (Å²) in [5.41, 5.74) is 8.30. The lowest BCUT2D eigenvalue weighted by Gasteiger charge is -2.35. The molecule has 0 saturated carbocycles. The van der Waals surface area contributed by atoms with Gasteiger partial charge in [-0.05, 0) is 25.1 Å². The Morgan fingerprint density at radius 1 is 1.52 bits per heavy atom. The Morgan fingerprint density at radius 2 is 2.37 bits per heavy atom. The van der Waals surface area contributed by atoms with Gasteiger partial charge in [0.25, 0.3) is 0 Å². The number of nitrogens with zero attached hydrogens (tertiary/aromatic N) is 2. The van der Waals surface area contributed by atoms with E-state index in [9.17, 15) is 4.79 Å². The first kappa shape index (κ1) is 18.2. The first-order chi connectivity index (χ1) is 13.0. The predicted octanol–water partition coefficient (Wildman–Crippen LogP) is 2.36. The maximum atomic E-state index is 13.0. The molecule has 27 heavy (non-hydrogen) atoms. The summed E-state index contributed by atoms with van der Waals surface area (Å²) in [7, 11) is 0. The molecule has 0 aliphatic carbocycles. The summed E-state index contributed by atoms with van der Waals surface area (Å²) >= 11 is 6.32. The average Bonchev–Trinajstić information content (AvgIpc) is 3.00. The van der Waals surface area contributed by atoms with Crippen molar-refractivity contribution >= 4 is 45.0 Å². The maximum Gasteiger partial charge on any atom is 0.244 e. The average molecular weight is 388 g/mol. The molecule has 142 valence electrons. The number of rotatable bonds is 4. The lowest BCUT2D eigenvalue weighted by Crippen LogP contribution is -2.54. The molecule has 1 amide bonds. The van der Waals surface area contributed by atoms with Crippen LogP contribution < -0.4 is 11.1 Å². The highest BCUT2D eigenvalue weighted by atomic mass is 35.5. The summed E-state index contributed by atoms with van der Waals surface area (Å²) in [6.07, 6.45) is 3.49. The second kappa shape index (κ2) is 7.44. The zero-order valence-corrected chi connectivity index (χ0v) is 15.8. The standard InChI is InChI=1S/C19H22ClN5O2/c1-11(21)9-25-4-5-27-10-17(25)19(26)24-15-7-12(20)6-14-13-2-3-22-8-16(13)23-18(14)15/h2-3,6-8,11,17,23H,4-5,9-10,21H2,1H3,(H,24,26)/t11-,17+/m0/s1. The van der Waals surface area contributed by atoms with Crippen LogP contribution in [0.1, 0.15) is 6.92 Å². The summed E-state index contributed by atoms with van der Waals surface area (Å²) < 4.78 is 5.53. The molecule has 1 saturated heterocycles. The number of nitrogens with one attached hydrogen (secondary N) is 2. The number of H-pyrrole nitrogens is 1. The van der Waals surface area contributed by atoms with Crippen molar-refractivity contribution in [2.75, 3.05) is 31.6 Å². The van der Waals surface area contributed by atoms with Crippen LogP contribution >= 0.6 is 11.6 Å². The van der Waals surface area contributed by atoms with Crippen LogP contribution in [0.5, 0.6) is 0 Å². The van der Waals surface area contributed by atoms with Crippen molar-refractivity contribution in [1.82, 2.24) is 14.9 Å². The topological polar surface area (TPSA) is 96.3 Å². The van der Waals surface area contributed by atoms with Crippen molar-refractivity contribution in [2.45, 2.75) is 19.0 Å². The van der Waals surface area contributed by atoms with Crippen LogP contribution in [0.25, 0.3) is 21.8 Å². The number of aromatic amines is 1. The van der Waals surface area contributed by atoms with Gasteiger partial charge in [-0.3, -0.25) is 14.7 Å². The van der Waals surface area contributed by atoms with Crippen molar-refractivity contribution in [3.8, 4) is 0 Å². The molecule has 2 aromatic heterocycles. The Kier molecular flexibility index (Phi) is 5.01. The fourth-order valence-corrected chi connectivity index (χ4v) is 3.82. The Morgan fingerprint density at radius 3 is 3.19 bits per heavy atom. The lowest BCUT2D eigenvalue weighted by atomic mass is 10.1. The number of carbonyl (C=O) groups is 1. The van der Waals surface area contributed by atoms with Gasteiger partial charge in [-0.1, -0.05) is 11.6 Å². The number of benzene rings is 1. The number of anilines is 1. The third-order valence-electron chi connectivity index (χ3n) is 4.80. The quantitative estimate of drug-likeness (QED) is 0.638. The van der Waals surface area contributed by atoms with Gasteiger partial charge in [-0.2, -0.15) is 0 Å². The van der Waals surface area contributed by atoms with Crippen LogP contribution in [0.2, 0.25) is 5.02 Å². The molecule has 4 rings (SSSR count). The summed E-state index contributed by atoms with van der Waals surface area (Å²) in [4.78, 5) is 22.5. The summed E-state index contributed by atoms with van der Waals surface area (Å²) in [5, 5.41) is 5.54. The zero-order valence-electron chi connectivity index (χ0n) is 15.0. The van der Waals surface area contributed by atoms with Gasteiger partial charge in [0, 0.05) is 41.1 Å². The van der Waals surface area contributed by atoms with E-state index in [1.54, 1.807) is 18.5 Å². The number of hydrogen-bond acceptors (Lipinski definition) is 5. The Hall–Kier alpha value is -2.19. The van der Waals surface area contributed by atoms with Gasteiger partial charge in [0.2, 0.25) is 5.91 Å². The highest BCUT2D eigenvalue weighted by Gasteiger charge is 2.30. The number of nitrogens with two attached hydrogens (primary N) is 1. The van der Waals surface area contributed by atoms with E-state index in [1.165, 1.54) is 0 Å². The van der Waals surface area contributed by atoms with E-state index in [-0.39, 0.29) is 18.0 Å². The Labute approximate surface area is 161 Å². The predicted molar refractivity (Wildman–Crippen MR) is 107 cm³/mol. The van der Waals surface area contributed by atoms with Crippen LogP contribution in [0.15, 0.2) is 30.6 Å². The van der Waals surface area contributed by atoms with Crippen LogP contribution in [0, 0.1) is 0 Å². The fourth-order valence-electron chi connectivity index (χ4n) is 3.60. The van der Waals surface area contributed by atoms with Gasteiger partial charge in [-0.25, -0.2) is 0 Å². The van der Waals surface area contributed by atoms with Crippen LogP contribution in [-0.2, 0) is 9.53 Å². The molecule has 3 aromatic rings. The molecular weight excluding hydrogens is 366 g/mol. The third kappa shape index (κ3) is 3.64. The van der Waals surface area contributed by atoms with Gasteiger partial charge in [0.15, 0.2) is 0 Å². The fraction of sp³-hybridized carbons (Fsp3) is 0.368. The summed E-state index contributed by atoms with van der Waals surface area (Å²) in [6.45, 7) is 4.21. The smallest absolute Gasteiger partial charge is 0.244 e. The van der Waals surface area contributed by atoms with E-state index in [0.717, 1.165) is 21.8 Å². The van der Waals surface area contributed by atoms with E-state index in [4.69, 9.17) is 22.1 Å². The second-order valence-electron chi connectivity index (χ2n) is 6.97. The van der Waals surface area contributed by atoms with E-state index in [1.807, 2.05) is 19.1 Å². The number of morpholine rings is 1. The zero-order chi connectivity index (χ0) is 19.0. The first-order valence-electron chi connectivity index (χ1n) is 8.96. The number of fused-ring (bicyclic) bond motifs is 3. The van der Waals surface area contributed by atoms with E-state index in [0.29, 0.717) is 37.0 Å². The molecule has 3 heterocycles. The minimum absolute atomic E-state index is 0.0162. The van der Waals surface area contributed by atoms with Crippen LogP contribution in [0.4, 0.5) is 5.69 Å². The molecule has 0 unspecified atom stereocenters. The number of ether oxygens (including phenoxy) is 1. The number of aromatic nitrogens is 2. The molecule has 8 heteroatoms. The lowest BCUT2D eigenvalue weighted by molar-refractivity contribution is -0.127. The maximum absolute atomic E-state index is 13.0. The minimum atomic E-state index is -0.384. The number of amides is 1. The molecule has 1 aliphatic heterocycles. The SMILES string of the molecule is C[C@H](N)CN1CCOC[C@@H]1C(=O)Nc1cc(Cl)cc2c1[nH]c1cnccc12. The normalized spacial score (nSPS) is 19.4. The van der Waals surface area contributed by atoms with Crippen molar-refractivity contribution in [2.24, 2.45) is 5.73 Å². The minimum Gasteiger partial charge on any atom is -0.378 e. The molecule has 4 N–H and O–H groups in total. The van der Waals surface area contributed by atoms with E-state index in [2.05, 4.69) is 20.2 Å². The van der Waals surface area contributed by atoms with Gasteiger partial charge >= 0.3 is 0 Å². The highest BCUT2D eigenvalue weighted by molar-refractivity contribution is 6.32. The second-order valence-corrected chi connectivity index (χ2v) is 7.41. The summed E-state index contributed by atoms with van der Waals surface area (Å²) in [5.74, 6) is -0.129. The molecule has 7 nitrogen and oxygen atoms in total. The number of halogens is 1. The van der Waals surface area contributed by atoms with Gasteiger partial charge in [-0.15, -0.1) is 0 Å². The Bertz CT molecular complexity index is 987. The van der Waals surface area contributed by atoms with Gasteiger partial charge in [0.1, 0.15) is 6.04 Å². The van der Waals surface area contributed by atoms with E-state index >= 15 is 0 Å². The molecule has 0 bridgehead atoms. The van der Waals surface area contributed by atoms with Crippen LogP contribution in [0.3, 0.4) is 0 Å². The molecule has 1 aliphatic rings. The number of hydrogen-bond donors (Lipinski definition) is 3. The third-order valence-corrected chi connectivity index (χ3v) is 5.01. The summed E-state index contributed by atoms with van der Waals surface area (Å²) in [6, 6.07) is 5.17. The number of pyridine rings is 1. The molecule has 1 fully saturated rings. The molecule has 1 aromatic carbocycles. The highest BCUT2D eigenvalue weighted by Crippen LogP contribution is 2.33. The van der Waals surface area contributed by atoms with Crippen molar-refractivity contribution in [1.29, 1.82) is 0 Å². The van der Waals surface area contributed by atoms with Crippen molar-refractivity contribution < 1.29 is 9.53 Å². The van der Waals surface area contributed by atoms with Crippen LogP contribution in [-0.4, -0.2) is 59.2 Å². The molecular formula is C19H22ClN5O2. The largest absolute Gasteiger partial charge is 0.378 e. The monoisotopic (exact) mass is 387 g/mol.